The van der Waals surface area contributed by atoms with Gasteiger partial charge in [0.15, 0.2) is 11.8 Å². The summed E-state index contributed by atoms with van der Waals surface area (Å²) < 4.78 is 18.8. The van der Waals surface area contributed by atoms with E-state index in [0.717, 1.165) is 18.9 Å². The number of rotatable bonds is 4. The van der Waals surface area contributed by atoms with Gasteiger partial charge in [-0.05, 0) is 30.2 Å². The third kappa shape index (κ3) is 3.41. The molecule has 0 atom stereocenters. The van der Waals surface area contributed by atoms with Crippen LogP contribution in [0.3, 0.4) is 0 Å². The van der Waals surface area contributed by atoms with Gasteiger partial charge in [-0.1, -0.05) is 18.2 Å². The molecule has 0 saturated carbocycles. The van der Waals surface area contributed by atoms with Crippen molar-refractivity contribution in [2.45, 2.75) is 6.42 Å². The molecule has 6 heteroatoms. The van der Waals surface area contributed by atoms with Gasteiger partial charge in [-0.2, -0.15) is 0 Å². The number of ether oxygens (including phenoxy) is 1. The predicted molar refractivity (Wildman–Crippen MR) is 88.5 cm³/mol. The maximum Gasteiger partial charge on any atom is 0.250 e. The molecular formula is C17H19FN4O. The van der Waals surface area contributed by atoms with Crippen molar-refractivity contribution in [3.8, 4) is 5.88 Å². The van der Waals surface area contributed by atoms with E-state index in [1.165, 1.54) is 29.6 Å². The van der Waals surface area contributed by atoms with Crippen molar-refractivity contribution in [3.05, 3.63) is 54.0 Å². The van der Waals surface area contributed by atoms with Crippen LogP contribution in [0.4, 0.5) is 10.1 Å². The number of guanidine groups is 1. The molecule has 120 valence electrons. The highest BCUT2D eigenvalue weighted by molar-refractivity contribution is 5.97. The van der Waals surface area contributed by atoms with Gasteiger partial charge in [0, 0.05) is 25.5 Å². The van der Waals surface area contributed by atoms with E-state index < -0.39 is 5.82 Å². The third-order valence-corrected chi connectivity index (χ3v) is 3.70. The molecule has 0 aliphatic carbocycles. The van der Waals surface area contributed by atoms with Crippen LogP contribution < -0.4 is 15.0 Å². The summed E-state index contributed by atoms with van der Waals surface area (Å²) in [7, 11) is 1.75. The van der Waals surface area contributed by atoms with Gasteiger partial charge in [0.05, 0.1) is 6.54 Å². The first-order chi connectivity index (χ1) is 11.3. The average Bonchev–Trinajstić information content (AvgIpc) is 3.00. The van der Waals surface area contributed by atoms with Gasteiger partial charge >= 0.3 is 0 Å². The summed E-state index contributed by atoms with van der Waals surface area (Å²) in [6.45, 7) is 1.72. The maximum absolute atomic E-state index is 13.4. The van der Waals surface area contributed by atoms with Gasteiger partial charge in [0.2, 0.25) is 5.88 Å². The molecule has 3 rings (SSSR count). The zero-order chi connectivity index (χ0) is 16.1. The lowest BCUT2D eigenvalue weighted by atomic mass is 10.2. The fourth-order valence-electron chi connectivity index (χ4n) is 2.64. The number of aliphatic imine (C=N–C) groups is 1. The molecule has 0 amide bonds. The maximum atomic E-state index is 13.4. The largest absolute Gasteiger partial charge is 0.474 e. The van der Waals surface area contributed by atoms with Crippen molar-refractivity contribution in [3.63, 3.8) is 0 Å². The molecule has 1 aromatic carbocycles. The average molecular weight is 314 g/mol. The number of aromatic nitrogens is 1. The van der Waals surface area contributed by atoms with Crippen LogP contribution in [0.15, 0.2) is 47.6 Å². The molecule has 1 aromatic heterocycles. The smallest absolute Gasteiger partial charge is 0.250 e. The molecule has 1 N–H and O–H groups in total. The quantitative estimate of drug-likeness (QED) is 0.534. The number of hydrogen-bond acceptors (Lipinski definition) is 3. The molecule has 0 fully saturated rings. The predicted octanol–water partition coefficient (Wildman–Crippen LogP) is 2.24. The van der Waals surface area contributed by atoms with Crippen LogP contribution in [0.25, 0.3) is 0 Å². The molecule has 5 nitrogen and oxygen atoms in total. The van der Waals surface area contributed by atoms with Crippen LogP contribution >= 0.6 is 0 Å². The number of nitrogens with one attached hydrogen (secondary N) is 1. The fourth-order valence-corrected chi connectivity index (χ4v) is 2.64. The molecule has 0 spiro atoms. The lowest BCUT2D eigenvalue weighted by Gasteiger charge is -2.22. The van der Waals surface area contributed by atoms with E-state index in [4.69, 9.17) is 4.74 Å². The third-order valence-electron chi connectivity index (χ3n) is 3.70. The van der Waals surface area contributed by atoms with Crippen molar-refractivity contribution in [1.29, 1.82) is 0 Å². The molecule has 1 aliphatic rings. The Hall–Kier alpha value is -2.63. The first-order valence-electron chi connectivity index (χ1n) is 7.59. The minimum Gasteiger partial charge on any atom is -0.474 e. The number of halogens is 1. The number of para-hydroxylation sites is 1. The standard InChI is InChI=1S/C17H19FN4O/c1-19-17(22-11-8-13-5-2-3-7-15(13)22)21-10-12-23-16-14(18)6-4-9-20-16/h2-7,9H,8,10-12H2,1H3,(H,19,21). The Morgan fingerprint density at radius 1 is 1.35 bits per heavy atom. The van der Waals surface area contributed by atoms with E-state index in [1.807, 2.05) is 12.1 Å². The van der Waals surface area contributed by atoms with Crippen molar-refractivity contribution in [2.75, 3.05) is 31.6 Å². The topological polar surface area (TPSA) is 49.8 Å². The molecule has 0 saturated heterocycles. The van der Waals surface area contributed by atoms with Gasteiger partial charge in [-0.15, -0.1) is 0 Å². The molecule has 0 radical (unpaired) electrons. The second kappa shape index (κ2) is 7.09. The molecule has 0 unspecified atom stereocenters. The first-order valence-corrected chi connectivity index (χ1v) is 7.59. The molecule has 23 heavy (non-hydrogen) atoms. The lowest BCUT2D eigenvalue weighted by Crippen LogP contribution is -2.42. The summed E-state index contributed by atoms with van der Waals surface area (Å²) in [4.78, 5) is 10.3. The Morgan fingerprint density at radius 2 is 2.22 bits per heavy atom. The zero-order valence-electron chi connectivity index (χ0n) is 13.0. The van der Waals surface area contributed by atoms with Gasteiger partial charge < -0.3 is 15.0 Å². The monoisotopic (exact) mass is 314 g/mol. The number of nitrogens with zero attached hydrogens (tertiary/aromatic N) is 3. The van der Waals surface area contributed by atoms with Gasteiger partial charge in [0.25, 0.3) is 0 Å². The fraction of sp³-hybridized carbons (Fsp3) is 0.294. The molecule has 2 heterocycles. The van der Waals surface area contributed by atoms with Crippen molar-refractivity contribution in [2.24, 2.45) is 4.99 Å². The Balaban J connectivity index is 1.54. The van der Waals surface area contributed by atoms with Crippen molar-refractivity contribution < 1.29 is 9.13 Å². The summed E-state index contributed by atoms with van der Waals surface area (Å²) in [6.07, 6.45) is 2.51. The molecular weight excluding hydrogens is 295 g/mol. The Labute approximate surface area is 134 Å². The zero-order valence-corrected chi connectivity index (χ0v) is 13.0. The highest BCUT2D eigenvalue weighted by Gasteiger charge is 2.22. The minimum atomic E-state index is -0.453. The van der Waals surface area contributed by atoms with Crippen LogP contribution in [-0.2, 0) is 6.42 Å². The van der Waals surface area contributed by atoms with Crippen LogP contribution in [0.1, 0.15) is 5.56 Å². The highest BCUT2D eigenvalue weighted by Crippen LogP contribution is 2.27. The van der Waals surface area contributed by atoms with E-state index >= 15 is 0 Å². The Kier molecular flexibility index (Phi) is 4.71. The summed E-state index contributed by atoms with van der Waals surface area (Å²) >= 11 is 0. The lowest BCUT2D eigenvalue weighted by molar-refractivity contribution is 0.292. The van der Waals surface area contributed by atoms with Crippen molar-refractivity contribution in [1.82, 2.24) is 10.3 Å². The van der Waals surface area contributed by atoms with E-state index in [-0.39, 0.29) is 5.88 Å². The second-order valence-electron chi connectivity index (χ2n) is 5.14. The summed E-state index contributed by atoms with van der Waals surface area (Å²) in [6, 6.07) is 11.2. The van der Waals surface area contributed by atoms with Crippen LogP contribution in [0.5, 0.6) is 5.88 Å². The van der Waals surface area contributed by atoms with E-state index in [0.29, 0.717) is 13.2 Å². The highest BCUT2D eigenvalue weighted by atomic mass is 19.1. The number of anilines is 1. The number of benzene rings is 1. The summed E-state index contributed by atoms with van der Waals surface area (Å²) in [5, 5.41) is 3.24. The Bertz CT molecular complexity index is 704. The van der Waals surface area contributed by atoms with Crippen LogP contribution in [-0.4, -0.2) is 37.7 Å². The van der Waals surface area contributed by atoms with Gasteiger partial charge in [-0.3, -0.25) is 4.99 Å². The van der Waals surface area contributed by atoms with E-state index in [2.05, 4.69) is 32.3 Å². The number of pyridine rings is 1. The molecule has 0 bridgehead atoms. The number of hydrogen-bond donors (Lipinski definition) is 1. The van der Waals surface area contributed by atoms with Crippen LogP contribution in [0, 0.1) is 5.82 Å². The van der Waals surface area contributed by atoms with E-state index in [1.54, 1.807) is 7.05 Å². The normalized spacial score (nSPS) is 13.8. The van der Waals surface area contributed by atoms with Crippen LogP contribution in [0.2, 0.25) is 0 Å². The first kappa shape index (κ1) is 15.3. The Morgan fingerprint density at radius 3 is 3.04 bits per heavy atom. The number of fused-ring (bicyclic) bond motifs is 1. The van der Waals surface area contributed by atoms with E-state index in [9.17, 15) is 4.39 Å². The minimum absolute atomic E-state index is 0.0239. The van der Waals surface area contributed by atoms with Gasteiger partial charge in [-0.25, -0.2) is 9.37 Å². The van der Waals surface area contributed by atoms with Gasteiger partial charge in [0.1, 0.15) is 6.61 Å². The SMILES string of the molecule is CN=C(NCCOc1ncccc1F)N1CCc2ccccc21. The second-order valence-corrected chi connectivity index (χ2v) is 5.14. The molecule has 2 aromatic rings. The summed E-state index contributed by atoms with van der Waals surface area (Å²) in [5.74, 6) is 0.362. The molecule has 1 aliphatic heterocycles. The van der Waals surface area contributed by atoms with Crippen molar-refractivity contribution >= 4 is 11.6 Å². The summed E-state index contributed by atoms with van der Waals surface area (Å²) in [5.41, 5.74) is 2.50.